The molecule has 0 unspecified atom stereocenters. The maximum atomic E-state index is 5.44. The smallest absolute Gasteiger partial charge is 0.164 e. The van der Waals surface area contributed by atoms with Gasteiger partial charge in [0.1, 0.15) is 5.75 Å². The van der Waals surface area contributed by atoms with Crippen molar-refractivity contribution >= 4 is 12.4 Å². The Morgan fingerprint density at radius 1 is 0.947 bits per heavy atom. The third-order valence-electron chi connectivity index (χ3n) is 3.15. The van der Waals surface area contributed by atoms with E-state index in [1.807, 2.05) is 12.1 Å². The summed E-state index contributed by atoms with van der Waals surface area (Å²) in [5, 5.41) is 6.82. The highest BCUT2D eigenvalue weighted by molar-refractivity contribution is 5.85. The summed E-state index contributed by atoms with van der Waals surface area (Å²) in [5.41, 5.74) is 1.09. The Labute approximate surface area is 120 Å². The van der Waals surface area contributed by atoms with Gasteiger partial charge in [-0.3, -0.25) is 0 Å². The third-order valence-corrected chi connectivity index (χ3v) is 3.15. The molecule has 0 aromatic heterocycles. The number of hydrogen-bond donors (Lipinski definition) is 2. The maximum absolute atomic E-state index is 5.44. The second-order valence-corrected chi connectivity index (χ2v) is 4.16. The summed E-state index contributed by atoms with van der Waals surface area (Å²) < 4.78 is 16.1. The molecule has 2 rings (SSSR count). The number of methoxy groups -OCH3 is 3. The fourth-order valence-electron chi connectivity index (χ4n) is 2.20. The van der Waals surface area contributed by atoms with Crippen LogP contribution in [-0.4, -0.2) is 41.0 Å². The Bertz CT molecular complexity index is 409. The summed E-state index contributed by atoms with van der Waals surface area (Å²) >= 11 is 0. The molecule has 1 aliphatic heterocycles. The van der Waals surface area contributed by atoms with Crippen LogP contribution in [-0.2, 0) is 0 Å². The van der Waals surface area contributed by atoms with E-state index in [4.69, 9.17) is 14.2 Å². The summed E-state index contributed by atoms with van der Waals surface area (Å²) in [6, 6.07) is 4.07. The molecule has 0 bridgehead atoms. The number of halogens is 1. The standard InChI is InChI=1S/C13H20N2O3.ClH/c1-16-11-7-13(18-3)12(17-2)6-9(11)10-8-14-4-5-15-10;/h6-7,10,14-15H,4-5,8H2,1-3H3;1H/t10-;/m1./s1. The summed E-state index contributed by atoms with van der Waals surface area (Å²) in [5.74, 6) is 2.22. The van der Waals surface area contributed by atoms with Gasteiger partial charge in [0, 0.05) is 37.3 Å². The molecule has 1 saturated heterocycles. The molecule has 1 aliphatic rings. The number of nitrogens with one attached hydrogen (secondary N) is 2. The first-order valence-electron chi connectivity index (χ1n) is 6.04. The van der Waals surface area contributed by atoms with Gasteiger partial charge in [-0.1, -0.05) is 0 Å². The van der Waals surface area contributed by atoms with E-state index in [9.17, 15) is 0 Å². The van der Waals surface area contributed by atoms with Crippen molar-refractivity contribution < 1.29 is 14.2 Å². The van der Waals surface area contributed by atoms with E-state index in [1.165, 1.54) is 0 Å². The van der Waals surface area contributed by atoms with Crippen LogP contribution in [0, 0.1) is 0 Å². The van der Waals surface area contributed by atoms with Gasteiger partial charge in [-0.05, 0) is 6.07 Å². The van der Waals surface area contributed by atoms with E-state index in [-0.39, 0.29) is 18.4 Å². The molecule has 108 valence electrons. The first-order valence-corrected chi connectivity index (χ1v) is 6.04. The Hall–Kier alpha value is -1.17. The Kier molecular flexibility index (Phi) is 6.21. The van der Waals surface area contributed by atoms with Crippen molar-refractivity contribution in [3.05, 3.63) is 17.7 Å². The van der Waals surface area contributed by atoms with Gasteiger partial charge in [0.2, 0.25) is 0 Å². The zero-order chi connectivity index (χ0) is 13.0. The van der Waals surface area contributed by atoms with Crippen molar-refractivity contribution in [3.63, 3.8) is 0 Å². The molecule has 0 aliphatic carbocycles. The fraction of sp³-hybridized carbons (Fsp3) is 0.538. The van der Waals surface area contributed by atoms with E-state index in [0.29, 0.717) is 5.75 Å². The molecular weight excluding hydrogens is 268 g/mol. The normalized spacial score (nSPS) is 18.4. The number of piperazine rings is 1. The van der Waals surface area contributed by atoms with Crippen LogP contribution in [0.2, 0.25) is 0 Å². The SMILES string of the molecule is COc1cc(OC)c([C@H]2CNCCN2)cc1OC.Cl. The third kappa shape index (κ3) is 3.43. The van der Waals surface area contributed by atoms with Gasteiger partial charge in [-0.15, -0.1) is 12.4 Å². The number of hydrogen-bond acceptors (Lipinski definition) is 5. The van der Waals surface area contributed by atoms with Gasteiger partial charge in [-0.25, -0.2) is 0 Å². The molecule has 6 heteroatoms. The van der Waals surface area contributed by atoms with E-state index >= 15 is 0 Å². The molecular formula is C13H21ClN2O3. The summed E-state index contributed by atoms with van der Waals surface area (Å²) in [6.07, 6.45) is 0. The first kappa shape index (κ1) is 15.9. The van der Waals surface area contributed by atoms with Crippen LogP contribution in [0.4, 0.5) is 0 Å². The van der Waals surface area contributed by atoms with E-state index < -0.39 is 0 Å². The predicted molar refractivity (Wildman–Crippen MR) is 77.0 cm³/mol. The van der Waals surface area contributed by atoms with Gasteiger partial charge in [0.25, 0.3) is 0 Å². The lowest BCUT2D eigenvalue weighted by atomic mass is 10.0. The summed E-state index contributed by atoms with van der Waals surface area (Å²) in [7, 11) is 4.93. The highest BCUT2D eigenvalue weighted by Gasteiger charge is 2.21. The summed E-state index contributed by atoms with van der Waals surface area (Å²) in [6.45, 7) is 2.82. The fourth-order valence-corrected chi connectivity index (χ4v) is 2.20. The highest BCUT2D eigenvalue weighted by atomic mass is 35.5. The van der Waals surface area contributed by atoms with Crippen LogP contribution in [0.5, 0.6) is 17.2 Å². The monoisotopic (exact) mass is 288 g/mol. The number of benzene rings is 1. The van der Waals surface area contributed by atoms with E-state index in [0.717, 1.165) is 36.7 Å². The maximum Gasteiger partial charge on any atom is 0.164 e. The van der Waals surface area contributed by atoms with Crippen LogP contribution in [0.3, 0.4) is 0 Å². The van der Waals surface area contributed by atoms with Crippen LogP contribution < -0.4 is 24.8 Å². The Morgan fingerprint density at radius 2 is 1.58 bits per heavy atom. The van der Waals surface area contributed by atoms with Crippen molar-refractivity contribution in [1.82, 2.24) is 10.6 Å². The largest absolute Gasteiger partial charge is 0.496 e. The molecule has 0 spiro atoms. The van der Waals surface area contributed by atoms with Gasteiger partial charge >= 0.3 is 0 Å². The van der Waals surface area contributed by atoms with Gasteiger partial charge in [0.05, 0.1) is 21.3 Å². The minimum Gasteiger partial charge on any atom is -0.496 e. The molecule has 2 N–H and O–H groups in total. The molecule has 5 nitrogen and oxygen atoms in total. The number of rotatable bonds is 4. The van der Waals surface area contributed by atoms with Crippen molar-refractivity contribution in [2.75, 3.05) is 41.0 Å². The summed E-state index contributed by atoms with van der Waals surface area (Å²) in [4.78, 5) is 0. The average molecular weight is 289 g/mol. The minimum atomic E-state index is 0. The van der Waals surface area contributed by atoms with Crippen molar-refractivity contribution in [2.24, 2.45) is 0 Å². The van der Waals surface area contributed by atoms with Crippen molar-refractivity contribution in [1.29, 1.82) is 0 Å². The lowest BCUT2D eigenvalue weighted by Crippen LogP contribution is -2.42. The van der Waals surface area contributed by atoms with E-state index in [1.54, 1.807) is 21.3 Å². The van der Waals surface area contributed by atoms with Gasteiger partial charge in [0.15, 0.2) is 11.5 Å². The number of ether oxygens (including phenoxy) is 3. The van der Waals surface area contributed by atoms with Gasteiger partial charge < -0.3 is 24.8 Å². The molecule has 1 aromatic carbocycles. The van der Waals surface area contributed by atoms with Crippen molar-refractivity contribution in [3.8, 4) is 17.2 Å². The highest BCUT2D eigenvalue weighted by Crippen LogP contribution is 2.37. The van der Waals surface area contributed by atoms with Crippen LogP contribution in [0.1, 0.15) is 11.6 Å². The minimum absolute atomic E-state index is 0. The Balaban J connectivity index is 0.00000180. The predicted octanol–water partition coefficient (Wildman–Crippen LogP) is 1.37. The topological polar surface area (TPSA) is 51.8 Å². The molecule has 0 saturated carbocycles. The molecule has 19 heavy (non-hydrogen) atoms. The van der Waals surface area contributed by atoms with Crippen LogP contribution in [0.25, 0.3) is 0 Å². The van der Waals surface area contributed by atoms with Gasteiger partial charge in [-0.2, -0.15) is 0 Å². The molecule has 1 atom stereocenters. The van der Waals surface area contributed by atoms with Crippen molar-refractivity contribution in [2.45, 2.75) is 6.04 Å². The van der Waals surface area contributed by atoms with Crippen LogP contribution in [0.15, 0.2) is 12.1 Å². The van der Waals surface area contributed by atoms with E-state index in [2.05, 4.69) is 10.6 Å². The van der Waals surface area contributed by atoms with Crippen LogP contribution >= 0.6 is 12.4 Å². The lowest BCUT2D eigenvalue weighted by molar-refractivity contribution is 0.342. The average Bonchev–Trinajstić information content (AvgIpc) is 2.46. The quantitative estimate of drug-likeness (QED) is 0.876. The molecule has 1 heterocycles. The second-order valence-electron chi connectivity index (χ2n) is 4.16. The Morgan fingerprint density at radius 3 is 2.11 bits per heavy atom. The molecule has 0 radical (unpaired) electrons. The lowest BCUT2D eigenvalue weighted by Gasteiger charge is -2.27. The zero-order valence-corrected chi connectivity index (χ0v) is 12.3. The first-order chi connectivity index (χ1) is 8.80. The zero-order valence-electron chi connectivity index (χ0n) is 11.5. The molecule has 1 aromatic rings. The molecule has 1 fully saturated rings. The molecule has 0 amide bonds. The second kappa shape index (κ2) is 7.43.